The molecule has 0 aromatic carbocycles. The molecule has 0 aromatic rings. The Balaban J connectivity index is 2.82. The lowest BCUT2D eigenvalue weighted by atomic mass is 10.0. The van der Waals surface area contributed by atoms with Crippen molar-refractivity contribution in [1.82, 2.24) is 0 Å². The highest BCUT2D eigenvalue weighted by Gasteiger charge is 2.69. The molecule has 0 aliphatic carbocycles. The van der Waals surface area contributed by atoms with Crippen LogP contribution >= 0.6 is 8.58 Å². The molecule has 0 bridgehead atoms. The van der Waals surface area contributed by atoms with Crippen LogP contribution in [0.3, 0.4) is 0 Å². The van der Waals surface area contributed by atoms with Gasteiger partial charge in [-0.15, -0.1) is 8.58 Å². The topological polar surface area (TPSA) is 0 Å². The molecule has 5 heteroatoms. The van der Waals surface area contributed by atoms with Crippen molar-refractivity contribution in [2.45, 2.75) is 30.8 Å². The van der Waals surface area contributed by atoms with Crippen LogP contribution in [0.4, 0.5) is 17.6 Å². The van der Waals surface area contributed by atoms with Crippen molar-refractivity contribution in [3.8, 4) is 0 Å². The summed E-state index contributed by atoms with van der Waals surface area (Å²) >= 11 is 0. The molecule has 0 radical (unpaired) electrons. The van der Waals surface area contributed by atoms with Crippen LogP contribution in [0.5, 0.6) is 0 Å². The Hall–Kier alpha value is 0.150. The van der Waals surface area contributed by atoms with Gasteiger partial charge in [-0.05, 0) is 13.1 Å². The lowest BCUT2D eigenvalue weighted by Gasteiger charge is -2.28. The summed E-state index contributed by atoms with van der Waals surface area (Å²) in [6.07, 6.45) is 0.226. The first kappa shape index (κ1) is 9.24. The summed E-state index contributed by atoms with van der Waals surface area (Å²) in [6.45, 7) is 1.49. The SMILES string of the molecule is CC(F)(F)C(F)(F)C1(C)CP1. The molecule has 1 aliphatic rings. The van der Waals surface area contributed by atoms with Gasteiger partial charge in [-0.25, -0.2) is 8.78 Å². The standard InChI is InChI=1S/C6H9F4P/c1-4(3-11-4)6(9,10)5(2,7)8/h11H,3H2,1-2H3. The van der Waals surface area contributed by atoms with Crippen LogP contribution in [0.2, 0.25) is 0 Å². The minimum Gasteiger partial charge on any atom is -0.200 e. The predicted octanol–water partition coefficient (Wildman–Crippen LogP) is 2.73. The monoisotopic (exact) mass is 188 g/mol. The van der Waals surface area contributed by atoms with Gasteiger partial charge < -0.3 is 0 Å². The van der Waals surface area contributed by atoms with E-state index in [2.05, 4.69) is 0 Å². The Bertz CT molecular complexity index is 161. The average molecular weight is 188 g/mol. The van der Waals surface area contributed by atoms with Crippen molar-refractivity contribution in [1.29, 1.82) is 0 Å². The van der Waals surface area contributed by atoms with E-state index >= 15 is 0 Å². The highest BCUT2D eigenvalue weighted by molar-refractivity contribution is 7.49. The third-order valence-corrected chi connectivity index (χ3v) is 3.68. The minimum absolute atomic E-state index is 0.0277. The zero-order valence-electron chi connectivity index (χ0n) is 6.22. The number of alkyl halides is 4. The number of hydrogen-bond donors (Lipinski definition) is 0. The van der Waals surface area contributed by atoms with Gasteiger partial charge in [-0.2, -0.15) is 8.78 Å². The van der Waals surface area contributed by atoms with Gasteiger partial charge in [0.15, 0.2) is 0 Å². The molecule has 1 saturated heterocycles. The molecule has 1 rings (SSSR count). The Labute approximate surface area is 64.1 Å². The van der Waals surface area contributed by atoms with Crippen LogP contribution in [-0.2, 0) is 0 Å². The fourth-order valence-corrected chi connectivity index (χ4v) is 1.77. The molecule has 1 fully saturated rings. The van der Waals surface area contributed by atoms with Gasteiger partial charge in [0.05, 0.1) is 5.16 Å². The van der Waals surface area contributed by atoms with E-state index in [-0.39, 0.29) is 21.7 Å². The highest BCUT2D eigenvalue weighted by Crippen LogP contribution is 2.63. The smallest absolute Gasteiger partial charge is 0.200 e. The Morgan fingerprint density at radius 1 is 1.27 bits per heavy atom. The van der Waals surface area contributed by atoms with Gasteiger partial charge in [-0.3, -0.25) is 0 Å². The second kappa shape index (κ2) is 2.09. The van der Waals surface area contributed by atoms with E-state index in [1.165, 1.54) is 6.92 Å². The Kier molecular flexibility index (Phi) is 1.76. The molecule has 2 atom stereocenters. The van der Waals surface area contributed by atoms with E-state index < -0.39 is 17.0 Å². The van der Waals surface area contributed by atoms with Crippen molar-refractivity contribution < 1.29 is 17.6 Å². The van der Waals surface area contributed by atoms with Crippen molar-refractivity contribution in [3.05, 3.63) is 0 Å². The van der Waals surface area contributed by atoms with Gasteiger partial charge in [-0.1, -0.05) is 0 Å². The maximum atomic E-state index is 12.8. The molecule has 11 heavy (non-hydrogen) atoms. The van der Waals surface area contributed by atoms with Crippen LogP contribution in [-0.4, -0.2) is 23.2 Å². The van der Waals surface area contributed by atoms with Crippen LogP contribution in [0.15, 0.2) is 0 Å². The largest absolute Gasteiger partial charge is 0.319 e. The number of halogens is 4. The fourth-order valence-electron chi connectivity index (χ4n) is 0.839. The molecule has 0 amide bonds. The molecule has 0 saturated carbocycles. The molecule has 0 spiro atoms. The summed E-state index contributed by atoms with van der Waals surface area (Å²) < 4.78 is 50.1. The summed E-state index contributed by atoms with van der Waals surface area (Å²) in [5, 5.41) is -1.43. The van der Waals surface area contributed by atoms with Crippen molar-refractivity contribution in [2.75, 3.05) is 6.16 Å². The highest BCUT2D eigenvalue weighted by atomic mass is 31.1. The molecular weight excluding hydrogens is 179 g/mol. The second-order valence-electron chi connectivity index (χ2n) is 3.15. The molecule has 0 N–H and O–H groups in total. The molecule has 0 nitrogen and oxygen atoms in total. The van der Waals surface area contributed by atoms with E-state index in [0.717, 1.165) is 0 Å². The second-order valence-corrected chi connectivity index (χ2v) is 4.96. The average Bonchev–Trinajstić information content (AvgIpc) is 2.45. The molecule has 1 aliphatic heterocycles. The van der Waals surface area contributed by atoms with E-state index in [1.54, 1.807) is 0 Å². The quantitative estimate of drug-likeness (QED) is 0.461. The van der Waals surface area contributed by atoms with Crippen LogP contribution in [0.1, 0.15) is 13.8 Å². The van der Waals surface area contributed by atoms with Crippen molar-refractivity contribution in [2.24, 2.45) is 0 Å². The number of rotatable bonds is 2. The lowest BCUT2D eigenvalue weighted by Crippen LogP contribution is -2.47. The Morgan fingerprint density at radius 3 is 1.73 bits per heavy atom. The van der Waals surface area contributed by atoms with E-state index in [4.69, 9.17) is 0 Å². The first-order valence-corrected chi connectivity index (χ1v) is 4.42. The van der Waals surface area contributed by atoms with E-state index in [0.29, 0.717) is 0 Å². The molecule has 0 aromatic heterocycles. The third-order valence-electron chi connectivity index (χ3n) is 1.95. The van der Waals surface area contributed by atoms with Gasteiger partial charge in [0.25, 0.3) is 0 Å². The maximum Gasteiger partial charge on any atom is 0.319 e. The van der Waals surface area contributed by atoms with Crippen LogP contribution in [0, 0.1) is 0 Å². The van der Waals surface area contributed by atoms with E-state index in [9.17, 15) is 17.6 Å². The minimum atomic E-state index is -3.88. The van der Waals surface area contributed by atoms with Crippen molar-refractivity contribution in [3.63, 3.8) is 0 Å². The maximum absolute atomic E-state index is 12.8. The number of hydrogen-bond acceptors (Lipinski definition) is 0. The zero-order chi connectivity index (χ0) is 8.91. The van der Waals surface area contributed by atoms with E-state index in [1.807, 2.05) is 0 Å². The van der Waals surface area contributed by atoms with Crippen LogP contribution < -0.4 is 0 Å². The predicted molar refractivity (Wildman–Crippen MR) is 37.2 cm³/mol. The molecular formula is C6H9F4P. The fraction of sp³-hybridized carbons (Fsp3) is 1.00. The zero-order valence-corrected chi connectivity index (χ0v) is 7.22. The van der Waals surface area contributed by atoms with Crippen molar-refractivity contribution >= 4 is 8.58 Å². The molecule has 2 unspecified atom stereocenters. The van der Waals surface area contributed by atoms with Crippen LogP contribution in [0.25, 0.3) is 0 Å². The van der Waals surface area contributed by atoms with Gasteiger partial charge >= 0.3 is 11.8 Å². The summed E-state index contributed by atoms with van der Waals surface area (Å²) in [6, 6.07) is 0. The van der Waals surface area contributed by atoms with Gasteiger partial charge in [0.1, 0.15) is 0 Å². The first-order chi connectivity index (χ1) is 4.71. The summed E-state index contributed by atoms with van der Waals surface area (Å²) in [4.78, 5) is 0. The Morgan fingerprint density at radius 2 is 1.64 bits per heavy atom. The summed E-state index contributed by atoms with van der Waals surface area (Å²) in [7, 11) is -0.0277. The summed E-state index contributed by atoms with van der Waals surface area (Å²) in [5.41, 5.74) is 0. The van der Waals surface area contributed by atoms with Gasteiger partial charge in [0, 0.05) is 6.92 Å². The third kappa shape index (κ3) is 1.26. The summed E-state index contributed by atoms with van der Waals surface area (Å²) in [5.74, 6) is -7.72. The first-order valence-electron chi connectivity index (χ1n) is 3.21. The molecule has 1 heterocycles. The molecule has 66 valence electrons. The van der Waals surface area contributed by atoms with Gasteiger partial charge in [0.2, 0.25) is 0 Å². The normalized spacial score (nSPS) is 34.4. The lowest BCUT2D eigenvalue weighted by molar-refractivity contribution is -0.206.